The van der Waals surface area contributed by atoms with Crippen LogP contribution in [0.5, 0.6) is 0 Å². The lowest BCUT2D eigenvalue weighted by molar-refractivity contribution is -0.157. The second-order valence-corrected chi connectivity index (χ2v) is 3.44. The molecule has 1 rings (SSSR count). The zero-order valence-electron chi connectivity index (χ0n) is 7.75. The Morgan fingerprint density at radius 3 is 2.92 bits per heavy atom. The summed E-state index contributed by atoms with van der Waals surface area (Å²) in [5, 5.41) is 9.68. The van der Waals surface area contributed by atoms with E-state index in [1.807, 2.05) is 0 Å². The molecule has 1 N–H and O–H groups in total. The number of carbonyl (C=O) groups excluding carboxylic acids is 1. The fourth-order valence-electron chi connectivity index (χ4n) is 1.96. The van der Waals surface area contributed by atoms with Crippen LogP contribution in [0.1, 0.15) is 25.7 Å². The molecule has 0 saturated heterocycles. The molecule has 0 unspecified atom stereocenters. The Morgan fingerprint density at radius 1 is 1.85 bits per heavy atom. The minimum atomic E-state index is -0.830. The summed E-state index contributed by atoms with van der Waals surface area (Å²) in [6.45, 7) is 0. The average Bonchev–Trinajstić information content (AvgIpc) is 2.48. The van der Waals surface area contributed by atoms with Gasteiger partial charge in [0.15, 0.2) is 0 Å². The van der Waals surface area contributed by atoms with Gasteiger partial charge in [-0.25, -0.2) is 0 Å². The van der Waals surface area contributed by atoms with Crippen LogP contribution in [0.4, 0.5) is 0 Å². The fourth-order valence-corrected chi connectivity index (χ4v) is 1.96. The molecule has 0 aromatic rings. The van der Waals surface area contributed by atoms with Gasteiger partial charge in [0.2, 0.25) is 0 Å². The third-order valence-electron chi connectivity index (χ3n) is 2.75. The number of rotatable bonds is 2. The largest absolute Gasteiger partial charge is 0.468 e. The van der Waals surface area contributed by atoms with Gasteiger partial charge in [-0.05, 0) is 19.3 Å². The van der Waals surface area contributed by atoms with Gasteiger partial charge in [-0.1, -0.05) is 0 Å². The van der Waals surface area contributed by atoms with E-state index in [4.69, 9.17) is 6.42 Å². The van der Waals surface area contributed by atoms with Crippen LogP contribution in [0, 0.1) is 17.8 Å². The molecule has 0 amide bonds. The molecule has 0 aliphatic heterocycles. The zero-order valence-corrected chi connectivity index (χ0v) is 7.75. The van der Waals surface area contributed by atoms with E-state index in [0.717, 1.165) is 6.42 Å². The number of aliphatic hydroxyl groups excluding tert-OH is 1. The van der Waals surface area contributed by atoms with E-state index in [9.17, 15) is 9.90 Å². The molecule has 0 radical (unpaired) electrons. The topological polar surface area (TPSA) is 46.5 Å². The number of esters is 1. The highest BCUT2D eigenvalue weighted by molar-refractivity contribution is 5.78. The summed E-state index contributed by atoms with van der Waals surface area (Å²) in [7, 11) is 1.33. The molecule has 3 nitrogen and oxygen atoms in total. The quantitative estimate of drug-likeness (QED) is 0.505. The Labute approximate surface area is 78.1 Å². The van der Waals surface area contributed by atoms with E-state index in [2.05, 4.69) is 10.7 Å². The molecule has 1 saturated carbocycles. The van der Waals surface area contributed by atoms with Crippen molar-refractivity contribution >= 4 is 5.97 Å². The molecule has 0 bridgehead atoms. The number of ether oxygens (including phenoxy) is 1. The molecule has 2 atom stereocenters. The Balaban J connectivity index is 2.87. The van der Waals surface area contributed by atoms with E-state index in [1.54, 1.807) is 0 Å². The van der Waals surface area contributed by atoms with Crippen LogP contribution < -0.4 is 0 Å². The SMILES string of the molecule is C#CC[C@]1(C(=O)OC)CCC[C@@H]1O. The van der Waals surface area contributed by atoms with Crippen LogP contribution in [0.25, 0.3) is 0 Å². The molecular formula is C10H14O3. The maximum atomic E-state index is 11.5. The molecule has 1 aliphatic rings. The predicted molar refractivity (Wildman–Crippen MR) is 47.8 cm³/mol. The molecule has 3 heteroatoms. The van der Waals surface area contributed by atoms with E-state index < -0.39 is 11.5 Å². The number of carbonyl (C=O) groups is 1. The maximum absolute atomic E-state index is 11.5. The summed E-state index contributed by atoms with van der Waals surface area (Å²) in [4.78, 5) is 11.5. The molecule has 0 heterocycles. The number of hydrogen-bond donors (Lipinski definition) is 1. The molecule has 1 aliphatic carbocycles. The zero-order chi connectivity index (χ0) is 9.90. The first-order chi connectivity index (χ1) is 6.17. The highest BCUT2D eigenvalue weighted by Crippen LogP contribution is 2.42. The molecule has 0 spiro atoms. The highest BCUT2D eigenvalue weighted by Gasteiger charge is 2.48. The minimum Gasteiger partial charge on any atom is -0.468 e. The first-order valence-electron chi connectivity index (χ1n) is 4.37. The Bertz CT molecular complexity index is 241. The van der Waals surface area contributed by atoms with E-state index >= 15 is 0 Å². The number of methoxy groups -OCH3 is 1. The summed E-state index contributed by atoms with van der Waals surface area (Å²) >= 11 is 0. The van der Waals surface area contributed by atoms with Gasteiger partial charge < -0.3 is 9.84 Å². The van der Waals surface area contributed by atoms with Crippen molar-refractivity contribution in [2.24, 2.45) is 5.41 Å². The highest BCUT2D eigenvalue weighted by atomic mass is 16.5. The van der Waals surface area contributed by atoms with Crippen LogP contribution in [0.3, 0.4) is 0 Å². The van der Waals surface area contributed by atoms with Crippen molar-refractivity contribution in [1.29, 1.82) is 0 Å². The summed E-state index contributed by atoms with van der Waals surface area (Å²) in [5.74, 6) is 2.06. The van der Waals surface area contributed by atoms with Crippen molar-refractivity contribution in [3.8, 4) is 12.3 Å². The monoisotopic (exact) mass is 182 g/mol. The number of terminal acetylenes is 1. The summed E-state index contributed by atoms with van der Waals surface area (Å²) < 4.78 is 4.67. The summed E-state index contributed by atoms with van der Waals surface area (Å²) in [6, 6.07) is 0. The van der Waals surface area contributed by atoms with Crippen molar-refractivity contribution < 1.29 is 14.6 Å². The van der Waals surface area contributed by atoms with Gasteiger partial charge in [0.25, 0.3) is 0 Å². The van der Waals surface area contributed by atoms with Crippen molar-refractivity contribution in [3.05, 3.63) is 0 Å². The standard InChI is InChI=1S/C10H14O3/c1-3-6-10(9(12)13-2)7-4-5-8(10)11/h1,8,11H,4-7H2,2H3/t8-,10-/m0/s1. The lowest BCUT2D eigenvalue weighted by Crippen LogP contribution is -2.39. The van der Waals surface area contributed by atoms with Gasteiger partial charge in [0.05, 0.1) is 13.2 Å². The first-order valence-corrected chi connectivity index (χ1v) is 4.37. The van der Waals surface area contributed by atoms with E-state index in [-0.39, 0.29) is 12.4 Å². The van der Waals surface area contributed by atoms with Gasteiger partial charge in [-0.2, -0.15) is 0 Å². The van der Waals surface area contributed by atoms with Gasteiger partial charge in [-0.3, -0.25) is 4.79 Å². The smallest absolute Gasteiger partial charge is 0.315 e. The first kappa shape index (κ1) is 10.1. The lowest BCUT2D eigenvalue weighted by Gasteiger charge is -2.27. The maximum Gasteiger partial charge on any atom is 0.315 e. The molecule has 0 aromatic heterocycles. The number of hydrogen-bond acceptors (Lipinski definition) is 3. The Morgan fingerprint density at radius 2 is 2.54 bits per heavy atom. The van der Waals surface area contributed by atoms with E-state index in [1.165, 1.54) is 7.11 Å². The van der Waals surface area contributed by atoms with E-state index in [0.29, 0.717) is 12.8 Å². The minimum absolute atomic E-state index is 0.265. The molecule has 13 heavy (non-hydrogen) atoms. The summed E-state index contributed by atoms with van der Waals surface area (Å²) in [6.07, 6.45) is 6.90. The Kier molecular flexibility index (Phi) is 2.94. The van der Waals surface area contributed by atoms with Crippen molar-refractivity contribution in [3.63, 3.8) is 0 Å². The third kappa shape index (κ3) is 1.54. The van der Waals surface area contributed by atoms with Crippen LogP contribution in [0.2, 0.25) is 0 Å². The lowest BCUT2D eigenvalue weighted by atomic mass is 9.81. The molecular weight excluding hydrogens is 168 g/mol. The normalized spacial score (nSPS) is 32.5. The van der Waals surface area contributed by atoms with Crippen LogP contribution in [0.15, 0.2) is 0 Å². The molecule has 1 fully saturated rings. The van der Waals surface area contributed by atoms with Crippen molar-refractivity contribution in [2.75, 3.05) is 7.11 Å². The second kappa shape index (κ2) is 3.80. The summed E-state index contributed by atoms with van der Waals surface area (Å²) in [5.41, 5.74) is -0.830. The Hall–Kier alpha value is -1.01. The fraction of sp³-hybridized carbons (Fsp3) is 0.700. The van der Waals surface area contributed by atoms with Crippen molar-refractivity contribution in [1.82, 2.24) is 0 Å². The predicted octanol–water partition coefficient (Wildman–Crippen LogP) is 0.714. The van der Waals surface area contributed by atoms with Gasteiger partial charge >= 0.3 is 5.97 Å². The second-order valence-electron chi connectivity index (χ2n) is 3.44. The van der Waals surface area contributed by atoms with Crippen molar-refractivity contribution in [2.45, 2.75) is 31.8 Å². The van der Waals surface area contributed by atoms with Gasteiger partial charge in [-0.15, -0.1) is 12.3 Å². The van der Waals surface area contributed by atoms with Gasteiger partial charge in [0.1, 0.15) is 5.41 Å². The number of aliphatic hydroxyl groups is 1. The third-order valence-corrected chi connectivity index (χ3v) is 2.75. The molecule has 72 valence electrons. The van der Waals surface area contributed by atoms with Crippen LogP contribution in [-0.2, 0) is 9.53 Å². The average molecular weight is 182 g/mol. The molecule has 0 aromatic carbocycles. The van der Waals surface area contributed by atoms with Crippen LogP contribution in [-0.4, -0.2) is 24.3 Å². The van der Waals surface area contributed by atoms with Crippen LogP contribution >= 0.6 is 0 Å². The van der Waals surface area contributed by atoms with Gasteiger partial charge in [0, 0.05) is 6.42 Å².